The lowest BCUT2D eigenvalue weighted by Crippen LogP contribution is -2.47. The highest BCUT2D eigenvalue weighted by molar-refractivity contribution is 6.45. The summed E-state index contributed by atoms with van der Waals surface area (Å²) in [6, 6.07) is 25.6. The zero-order chi connectivity index (χ0) is 22.9. The fourth-order valence-electron chi connectivity index (χ4n) is 4.69. The smallest absolute Gasteiger partial charge is 0.282 e. The largest absolute Gasteiger partial charge is 0.368 e. The molecule has 0 unspecified atom stereocenters. The third-order valence-electron chi connectivity index (χ3n) is 6.34. The van der Waals surface area contributed by atoms with Gasteiger partial charge in [-0.25, -0.2) is 4.90 Å². The summed E-state index contributed by atoms with van der Waals surface area (Å²) in [7, 11) is 0. The van der Waals surface area contributed by atoms with E-state index in [1.165, 1.54) is 16.2 Å². The molecule has 2 aliphatic rings. The lowest BCUT2D eigenvalue weighted by atomic mass is 10.0. The van der Waals surface area contributed by atoms with Gasteiger partial charge in [-0.3, -0.25) is 9.59 Å². The van der Waals surface area contributed by atoms with Crippen molar-refractivity contribution in [3.63, 3.8) is 0 Å². The second kappa shape index (κ2) is 8.58. The van der Waals surface area contributed by atoms with Crippen LogP contribution in [0.1, 0.15) is 16.7 Å². The monoisotopic (exact) mass is 437 g/mol. The Balaban J connectivity index is 1.48. The molecule has 0 radical (unpaired) electrons. The maximum atomic E-state index is 13.7. The van der Waals surface area contributed by atoms with Gasteiger partial charge in [0.15, 0.2) is 0 Å². The Kier molecular flexibility index (Phi) is 5.47. The molecule has 5 rings (SSSR count). The Morgan fingerprint density at radius 3 is 1.82 bits per heavy atom. The number of benzene rings is 3. The van der Waals surface area contributed by atoms with Crippen molar-refractivity contribution in [2.24, 2.45) is 0 Å². The number of imide groups is 1. The molecule has 5 heteroatoms. The first-order chi connectivity index (χ1) is 16.0. The van der Waals surface area contributed by atoms with Gasteiger partial charge in [0, 0.05) is 31.9 Å². The van der Waals surface area contributed by atoms with E-state index in [-0.39, 0.29) is 11.8 Å². The Morgan fingerprint density at radius 1 is 0.606 bits per heavy atom. The van der Waals surface area contributed by atoms with E-state index in [4.69, 9.17) is 0 Å². The summed E-state index contributed by atoms with van der Waals surface area (Å²) in [6.45, 7) is 7.01. The van der Waals surface area contributed by atoms with E-state index in [1.54, 1.807) is 0 Å². The number of nitrogens with zero attached hydrogens (tertiary/aromatic N) is 3. The SMILES string of the molecule is Cc1cccc(N2CCN(C3=C(c4ccccc4)C(=O)N(c4cccc(C)c4)C3=O)CC2)c1. The number of carbonyl (C=O) groups excluding carboxylic acids is 2. The first-order valence-corrected chi connectivity index (χ1v) is 11.3. The van der Waals surface area contributed by atoms with Gasteiger partial charge in [-0.2, -0.15) is 0 Å². The Labute approximate surface area is 194 Å². The van der Waals surface area contributed by atoms with Gasteiger partial charge in [0.1, 0.15) is 5.70 Å². The van der Waals surface area contributed by atoms with E-state index >= 15 is 0 Å². The third-order valence-corrected chi connectivity index (χ3v) is 6.34. The average molecular weight is 438 g/mol. The van der Waals surface area contributed by atoms with Crippen LogP contribution in [0.3, 0.4) is 0 Å². The molecular weight excluding hydrogens is 410 g/mol. The number of rotatable bonds is 4. The van der Waals surface area contributed by atoms with E-state index in [1.807, 2.05) is 61.5 Å². The van der Waals surface area contributed by atoms with Crippen molar-refractivity contribution < 1.29 is 9.59 Å². The summed E-state index contributed by atoms with van der Waals surface area (Å²) in [6.07, 6.45) is 0. The van der Waals surface area contributed by atoms with Gasteiger partial charge in [-0.05, 0) is 54.8 Å². The fourth-order valence-corrected chi connectivity index (χ4v) is 4.69. The predicted molar refractivity (Wildman–Crippen MR) is 132 cm³/mol. The van der Waals surface area contributed by atoms with Crippen molar-refractivity contribution in [1.29, 1.82) is 0 Å². The van der Waals surface area contributed by atoms with Gasteiger partial charge >= 0.3 is 0 Å². The van der Waals surface area contributed by atoms with Crippen LogP contribution in [0.2, 0.25) is 0 Å². The second-order valence-corrected chi connectivity index (χ2v) is 8.69. The molecule has 2 amide bonds. The van der Waals surface area contributed by atoms with Crippen LogP contribution in [0.25, 0.3) is 5.57 Å². The van der Waals surface area contributed by atoms with Crippen LogP contribution in [0.4, 0.5) is 11.4 Å². The number of hydrogen-bond acceptors (Lipinski definition) is 4. The second-order valence-electron chi connectivity index (χ2n) is 8.69. The van der Waals surface area contributed by atoms with Crippen molar-refractivity contribution in [2.45, 2.75) is 13.8 Å². The highest BCUT2D eigenvalue weighted by Gasteiger charge is 2.43. The normalized spacial score (nSPS) is 16.7. The third kappa shape index (κ3) is 3.91. The quantitative estimate of drug-likeness (QED) is 0.567. The van der Waals surface area contributed by atoms with Crippen molar-refractivity contribution >= 4 is 28.8 Å². The molecule has 3 aromatic carbocycles. The van der Waals surface area contributed by atoms with E-state index in [0.29, 0.717) is 30.0 Å². The summed E-state index contributed by atoms with van der Waals surface area (Å²) in [5, 5.41) is 0. The van der Waals surface area contributed by atoms with Crippen LogP contribution in [0, 0.1) is 13.8 Å². The molecule has 0 spiro atoms. The highest BCUT2D eigenvalue weighted by atomic mass is 16.2. The van der Waals surface area contributed by atoms with Gasteiger partial charge < -0.3 is 9.80 Å². The molecule has 3 aromatic rings. The molecule has 0 saturated carbocycles. The number of aryl methyl sites for hydroxylation is 2. The minimum Gasteiger partial charge on any atom is -0.368 e. The molecule has 0 N–H and O–H groups in total. The molecule has 166 valence electrons. The number of amides is 2. The molecule has 0 aromatic heterocycles. The highest BCUT2D eigenvalue weighted by Crippen LogP contribution is 2.35. The summed E-state index contributed by atoms with van der Waals surface area (Å²) < 4.78 is 0. The van der Waals surface area contributed by atoms with Gasteiger partial charge in [-0.15, -0.1) is 0 Å². The Hall–Kier alpha value is -3.86. The van der Waals surface area contributed by atoms with Crippen LogP contribution in [0.5, 0.6) is 0 Å². The average Bonchev–Trinajstić information content (AvgIpc) is 3.09. The lowest BCUT2D eigenvalue weighted by Gasteiger charge is -2.37. The lowest BCUT2D eigenvalue weighted by molar-refractivity contribution is -0.120. The number of carbonyl (C=O) groups is 2. The summed E-state index contributed by atoms with van der Waals surface area (Å²) >= 11 is 0. The van der Waals surface area contributed by atoms with E-state index < -0.39 is 0 Å². The molecule has 5 nitrogen and oxygen atoms in total. The molecule has 0 aliphatic carbocycles. The van der Waals surface area contributed by atoms with Gasteiger partial charge in [0.2, 0.25) is 0 Å². The van der Waals surface area contributed by atoms with Crippen molar-refractivity contribution in [3.8, 4) is 0 Å². The van der Waals surface area contributed by atoms with Gasteiger partial charge in [-0.1, -0.05) is 54.6 Å². The first kappa shape index (κ1) is 21.0. The van der Waals surface area contributed by atoms with Crippen molar-refractivity contribution in [2.75, 3.05) is 36.0 Å². The maximum Gasteiger partial charge on any atom is 0.282 e. The number of piperazine rings is 1. The summed E-state index contributed by atoms with van der Waals surface area (Å²) in [5.41, 5.74) is 5.84. The van der Waals surface area contributed by atoms with Crippen LogP contribution in [-0.2, 0) is 9.59 Å². The fraction of sp³-hybridized carbons (Fsp3) is 0.214. The summed E-state index contributed by atoms with van der Waals surface area (Å²) in [5.74, 6) is -0.499. The molecule has 1 saturated heterocycles. The standard InChI is InChI=1S/C28H27N3O2/c1-20-8-6-12-23(18-20)29-14-16-30(17-15-29)26-25(22-10-4-3-5-11-22)27(32)31(28(26)33)24-13-7-9-21(2)19-24/h3-13,18-19H,14-17H2,1-2H3. The zero-order valence-corrected chi connectivity index (χ0v) is 19.0. The predicted octanol–water partition coefficient (Wildman–Crippen LogP) is 4.41. The van der Waals surface area contributed by atoms with Crippen LogP contribution >= 0.6 is 0 Å². The van der Waals surface area contributed by atoms with Crippen LogP contribution in [0.15, 0.2) is 84.6 Å². The number of anilines is 2. The first-order valence-electron chi connectivity index (χ1n) is 11.3. The van der Waals surface area contributed by atoms with Gasteiger partial charge in [0.05, 0.1) is 11.3 Å². The Bertz CT molecular complexity index is 1240. The van der Waals surface area contributed by atoms with Gasteiger partial charge in [0.25, 0.3) is 11.8 Å². The topological polar surface area (TPSA) is 43.9 Å². The minimum atomic E-state index is -0.257. The summed E-state index contributed by atoms with van der Waals surface area (Å²) in [4.78, 5) is 33.1. The molecule has 33 heavy (non-hydrogen) atoms. The zero-order valence-electron chi connectivity index (χ0n) is 19.0. The molecule has 2 heterocycles. The van der Waals surface area contributed by atoms with E-state index in [2.05, 4.69) is 41.0 Å². The number of hydrogen-bond donors (Lipinski definition) is 0. The maximum absolute atomic E-state index is 13.7. The van der Waals surface area contributed by atoms with Crippen molar-refractivity contribution in [1.82, 2.24) is 4.90 Å². The van der Waals surface area contributed by atoms with E-state index in [0.717, 1.165) is 24.2 Å². The molecular formula is C28H27N3O2. The Morgan fingerprint density at radius 2 is 1.18 bits per heavy atom. The minimum absolute atomic E-state index is 0.242. The van der Waals surface area contributed by atoms with Crippen LogP contribution in [-0.4, -0.2) is 42.9 Å². The molecule has 0 atom stereocenters. The molecule has 1 fully saturated rings. The molecule has 2 aliphatic heterocycles. The van der Waals surface area contributed by atoms with Crippen molar-refractivity contribution in [3.05, 3.63) is 101 Å². The van der Waals surface area contributed by atoms with E-state index in [9.17, 15) is 9.59 Å². The molecule has 0 bridgehead atoms. The van der Waals surface area contributed by atoms with Crippen LogP contribution < -0.4 is 9.80 Å².